The second kappa shape index (κ2) is 17.1. The lowest BCUT2D eigenvalue weighted by molar-refractivity contribution is -0.133. The van der Waals surface area contributed by atoms with Crippen LogP contribution in [0.4, 0.5) is 9.59 Å². The molecule has 6 rings (SSSR count). The van der Waals surface area contributed by atoms with Gasteiger partial charge in [0.25, 0.3) is 5.91 Å². The zero-order chi connectivity index (χ0) is 35.7. The van der Waals surface area contributed by atoms with E-state index in [0.29, 0.717) is 26.1 Å². The van der Waals surface area contributed by atoms with Crippen molar-refractivity contribution < 1.29 is 33.7 Å². The molecular weight excluding hydrogens is 652 g/mol. The molecule has 4 heterocycles. The van der Waals surface area contributed by atoms with Crippen LogP contribution in [0.25, 0.3) is 11.3 Å². The number of ether oxygens (including phenoxy) is 3. The van der Waals surface area contributed by atoms with Gasteiger partial charge in [0.15, 0.2) is 6.29 Å². The first-order valence-electron chi connectivity index (χ1n) is 17.8. The monoisotopic (exact) mass is 700 g/mol. The van der Waals surface area contributed by atoms with Gasteiger partial charge in [-0.3, -0.25) is 15.2 Å². The van der Waals surface area contributed by atoms with Crippen LogP contribution in [-0.4, -0.2) is 101 Å². The van der Waals surface area contributed by atoms with Crippen LogP contribution < -0.4 is 16.1 Å². The number of fused-ring (bicyclic) bond motifs is 1. The summed E-state index contributed by atoms with van der Waals surface area (Å²) in [7, 11) is 0. The summed E-state index contributed by atoms with van der Waals surface area (Å²) in [4.78, 5) is 46.1. The van der Waals surface area contributed by atoms with Gasteiger partial charge in [-0.05, 0) is 48.4 Å². The van der Waals surface area contributed by atoms with Gasteiger partial charge in [-0.25, -0.2) is 14.6 Å². The quantitative estimate of drug-likeness (QED) is 0.185. The predicted molar refractivity (Wildman–Crippen MR) is 189 cm³/mol. The smallest absolute Gasteiger partial charge is 0.407 e. The molecule has 4 N–H and O–H groups in total. The molecule has 2 aromatic carbocycles. The molecule has 0 aliphatic carbocycles. The number of nitrogens with one attached hydrogen (secondary N) is 3. The third-order valence-electron chi connectivity index (χ3n) is 9.62. The van der Waals surface area contributed by atoms with Gasteiger partial charge in [0, 0.05) is 37.9 Å². The summed E-state index contributed by atoms with van der Waals surface area (Å²) in [6, 6.07) is 21.3. The van der Waals surface area contributed by atoms with Crippen molar-refractivity contribution in [2.24, 2.45) is 11.8 Å². The lowest BCUT2D eigenvalue weighted by atomic mass is 10.0. The molecule has 13 nitrogen and oxygen atoms in total. The molecule has 0 spiro atoms. The van der Waals surface area contributed by atoms with Crippen LogP contribution in [0.15, 0.2) is 79.0 Å². The molecule has 4 amide bonds. The minimum Gasteiger partial charge on any atom is -0.443 e. The van der Waals surface area contributed by atoms with Crippen molar-refractivity contribution in [3.63, 3.8) is 0 Å². The standard InChI is InChI=1S/C38H48N6O7/c1-25(2)34(44-19-8-18-40-37(44)47)35(46)42-43(22-27-12-14-28(15-13-27)30-11-6-7-17-39-30)23-32(45)31(21-26-9-4-3-5-10-26)41-38(48)51-33-24-50-36-29(33)16-20-49-36/h3-7,9-15,17,25,29,31-34,36,45H,8,16,18-24H2,1-2H3,(H,40,47)(H,41,48)(H,42,46). The number of alkyl carbamates (subject to hydrolysis) is 1. The molecule has 3 saturated heterocycles. The van der Waals surface area contributed by atoms with Gasteiger partial charge < -0.3 is 34.9 Å². The number of aliphatic hydroxyl groups is 1. The van der Waals surface area contributed by atoms with Crippen LogP contribution in [0.2, 0.25) is 0 Å². The SMILES string of the molecule is CC(C)C(C(=O)NN(Cc1ccc(-c2ccccn2)cc1)CC(O)C(Cc1ccccc1)NC(=O)OC1COC2OCCC12)N1CCCNC1=O. The fourth-order valence-corrected chi connectivity index (χ4v) is 7.00. The molecule has 1 aromatic heterocycles. The van der Waals surface area contributed by atoms with Gasteiger partial charge in [-0.1, -0.05) is 74.5 Å². The zero-order valence-corrected chi connectivity index (χ0v) is 29.1. The summed E-state index contributed by atoms with van der Waals surface area (Å²) in [5, 5.41) is 19.2. The van der Waals surface area contributed by atoms with Crippen molar-refractivity contribution in [3.8, 4) is 11.3 Å². The molecule has 0 saturated carbocycles. The fraction of sp³-hybridized carbons (Fsp3) is 0.474. The second-order valence-corrected chi connectivity index (χ2v) is 13.7. The molecule has 0 bridgehead atoms. The Morgan fingerprint density at radius 3 is 2.57 bits per heavy atom. The number of carbonyl (C=O) groups excluding carboxylic acids is 3. The number of carbonyl (C=O) groups is 3. The Balaban J connectivity index is 1.21. The Bertz CT molecular complexity index is 1600. The van der Waals surface area contributed by atoms with Crippen molar-refractivity contribution in [1.29, 1.82) is 0 Å². The van der Waals surface area contributed by atoms with E-state index in [1.54, 1.807) is 16.1 Å². The van der Waals surface area contributed by atoms with Crippen molar-refractivity contribution in [2.45, 2.75) is 70.2 Å². The first kappa shape index (κ1) is 36.2. The molecular formula is C38H48N6O7. The number of rotatable bonds is 14. The number of hydrazine groups is 1. The second-order valence-electron chi connectivity index (χ2n) is 13.7. The first-order chi connectivity index (χ1) is 24.7. The summed E-state index contributed by atoms with van der Waals surface area (Å²) >= 11 is 0. The van der Waals surface area contributed by atoms with Gasteiger partial charge in [-0.15, -0.1) is 0 Å². The van der Waals surface area contributed by atoms with E-state index >= 15 is 0 Å². The third-order valence-corrected chi connectivity index (χ3v) is 9.62. The molecule has 0 radical (unpaired) electrons. The van der Waals surface area contributed by atoms with E-state index in [1.165, 1.54) is 0 Å². The predicted octanol–water partition coefficient (Wildman–Crippen LogP) is 3.48. The molecule has 51 heavy (non-hydrogen) atoms. The number of aromatic nitrogens is 1. The normalized spacial score (nSPS) is 21.9. The molecule has 3 aromatic rings. The highest BCUT2D eigenvalue weighted by molar-refractivity contribution is 5.87. The van der Waals surface area contributed by atoms with E-state index < -0.39 is 30.4 Å². The number of pyridine rings is 1. The number of hydrogen-bond donors (Lipinski definition) is 4. The maximum atomic E-state index is 14.0. The summed E-state index contributed by atoms with van der Waals surface area (Å²) in [6.45, 7) is 5.85. The van der Waals surface area contributed by atoms with Gasteiger partial charge in [0.05, 0.1) is 37.0 Å². The Morgan fingerprint density at radius 2 is 1.84 bits per heavy atom. The third kappa shape index (κ3) is 9.41. The van der Waals surface area contributed by atoms with E-state index in [9.17, 15) is 19.5 Å². The molecule has 3 fully saturated rings. The molecule has 6 atom stereocenters. The molecule has 3 aliphatic rings. The largest absolute Gasteiger partial charge is 0.443 e. The van der Waals surface area contributed by atoms with Gasteiger partial charge in [0.2, 0.25) is 0 Å². The minimum atomic E-state index is -1.14. The average molecular weight is 701 g/mol. The molecule has 3 aliphatic heterocycles. The van der Waals surface area contributed by atoms with Crippen molar-refractivity contribution in [3.05, 3.63) is 90.1 Å². The maximum Gasteiger partial charge on any atom is 0.407 e. The Hall–Kier alpha value is -4.56. The summed E-state index contributed by atoms with van der Waals surface area (Å²) in [5.74, 6) is -0.565. The fourth-order valence-electron chi connectivity index (χ4n) is 7.00. The number of urea groups is 1. The Kier molecular flexibility index (Phi) is 12.2. The van der Waals surface area contributed by atoms with E-state index in [2.05, 4.69) is 21.0 Å². The van der Waals surface area contributed by atoms with E-state index in [4.69, 9.17) is 14.2 Å². The maximum absolute atomic E-state index is 14.0. The van der Waals surface area contributed by atoms with E-state index in [0.717, 1.165) is 35.2 Å². The number of aliphatic hydroxyl groups excluding tert-OH is 1. The van der Waals surface area contributed by atoms with E-state index in [1.807, 2.05) is 86.6 Å². The van der Waals surface area contributed by atoms with Crippen LogP contribution >= 0.6 is 0 Å². The van der Waals surface area contributed by atoms with Crippen LogP contribution in [0, 0.1) is 11.8 Å². The van der Waals surface area contributed by atoms with Crippen molar-refractivity contribution in [2.75, 3.05) is 32.8 Å². The number of nitrogens with zero attached hydrogens (tertiary/aromatic N) is 3. The van der Waals surface area contributed by atoms with Crippen molar-refractivity contribution in [1.82, 2.24) is 31.0 Å². The van der Waals surface area contributed by atoms with Crippen LogP contribution in [-0.2, 0) is 32.0 Å². The highest BCUT2D eigenvalue weighted by Gasteiger charge is 2.44. The number of hydrogen-bond acceptors (Lipinski definition) is 9. The number of amides is 4. The van der Waals surface area contributed by atoms with Crippen LogP contribution in [0.5, 0.6) is 0 Å². The first-order valence-corrected chi connectivity index (χ1v) is 17.8. The van der Waals surface area contributed by atoms with E-state index in [-0.39, 0.29) is 49.8 Å². The van der Waals surface area contributed by atoms with Crippen LogP contribution in [0.3, 0.4) is 0 Å². The van der Waals surface area contributed by atoms with Gasteiger partial charge >= 0.3 is 12.1 Å². The highest BCUT2D eigenvalue weighted by atomic mass is 16.7. The van der Waals surface area contributed by atoms with Crippen LogP contribution in [0.1, 0.15) is 37.8 Å². The lowest BCUT2D eigenvalue weighted by Crippen LogP contribution is -2.61. The number of benzene rings is 2. The Morgan fingerprint density at radius 1 is 1.06 bits per heavy atom. The minimum absolute atomic E-state index is 0.0288. The van der Waals surface area contributed by atoms with Gasteiger partial charge in [0.1, 0.15) is 12.1 Å². The highest BCUT2D eigenvalue weighted by Crippen LogP contribution is 2.33. The topological polar surface area (TPSA) is 155 Å². The molecule has 272 valence electrons. The lowest BCUT2D eigenvalue weighted by Gasteiger charge is -2.38. The Labute approximate surface area is 298 Å². The zero-order valence-electron chi connectivity index (χ0n) is 29.1. The molecule has 13 heteroatoms. The summed E-state index contributed by atoms with van der Waals surface area (Å²) < 4.78 is 17.0. The summed E-state index contributed by atoms with van der Waals surface area (Å²) in [6.07, 6.45) is 0.927. The van der Waals surface area contributed by atoms with Crippen molar-refractivity contribution >= 4 is 18.0 Å². The average Bonchev–Trinajstić information content (AvgIpc) is 3.75. The molecule has 6 unspecified atom stereocenters. The summed E-state index contributed by atoms with van der Waals surface area (Å²) in [5.41, 5.74) is 6.59. The van der Waals surface area contributed by atoms with Gasteiger partial charge in [-0.2, -0.15) is 0 Å².